The number of likely N-dealkylation sites (tertiary alicyclic amines) is 1. The van der Waals surface area contributed by atoms with Gasteiger partial charge in [0.15, 0.2) is 0 Å². The molecule has 0 spiro atoms. The fourth-order valence-electron chi connectivity index (χ4n) is 2.42. The highest BCUT2D eigenvalue weighted by atomic mass is 79.9. The molecular formula is C15H19BrN2O2. The number of nitrogens with one attached hydrogen (secondary N) is 1. The zero-order chi connectivity index (χ0) is 14.7. The summed E-state index contributed by atoms with van der Waals surface area (Å²) in [6, 6.07) is 6.99. The average Bonchev–Trinajstić information content (AvgIpc) is 2.87. The van der Waals surface area contributed by atoms with Gasteiger partial charge in [-0.15, -0.1) is 0 Å². The van der Waals surface area contributed by atoms with Gasteiger partial charge < -0.3 is 10.2 Å². The molecule has 1 aliphatic rings. The zero-order valence-corrected chi connectivity index (χ0v) is 13.3. The Balaban J connectivity index is 2.12. The molecule has 1 aromatic carbocycles. The van der Waals surface area contributed by atoms with Gasteiger partial charge in [-0.3, -0.25) is 9.59 Å². The van der Waals surface area contributed by atoms with Crippen molar-refractivity contribution in [3.05, 3.63) is 34.3 Å². The van der Waals surface area contributed by atoms with Crippen LogP contribution in [0.2, 0.25) is 0 Å². The second-order valence-electron chi connectivity index (χ2n) is 5.33. The fourth-order valence-corrected chi connectivity index (χ4v) is 2.69. The van der Waals surface area contributed by atoms with E-state index in [-0.39, 0.29) is 23.9 Å². The minimum absolute atomic E-state index is 0.0528. The van der Waals surface area contributed by atoms with Gasteiger partial charge in [-0.05, 0) is 51.0 Å². The van der Waals surface area contributed by atoms with Crippen LogP contribution >= 0.6 is 15.9 Å². The first-order valence-electron chi connectivity index (χ1n) is 6.86. The molecule has 1 N–H and O–H groups in total. The molecule has 1 fully saturated rings. The Morgan fingerprint density at radius 3 is 2.55 bits per heavy atom. The highest BCUT2D eigenvalue weighted by Crippen LogP contribution is 2.21. The van der Waals surface area contributed by atoms with Gasteiger partial charge >= 0.3 is 0 Å². The lowest BCUT2D eigenvalue weighted by Gasteiger charge is -2.25. The number of amides is 2. The average molecular weight is 339 g/mol. The summed E-state index contributed by atoms with van der Waals surface area (Å²) in [5.74, 6) is -0.123. The van der Waals surface area contributed by atoms with Crippen LogP contribution in [0, 0.1) is 0 Å². The maximum absolute atomic E-state index is 12.5. The molecule has 1 atom stereocenters. The smallest absolute Gasteiger partial charge is 0.254 e. The monoisotopic (exact) mass is 338 g/mol. The lowest BCUT2D eigenvalue weighted by molar-refractivity contribution is -0.125. The number of nitrogens with zero attached hydrogens (tertiary/aromatic N) is 1. The summed E-state index contributed by atoms with van der Waals surface area (Å²) in [5, 5.41) is 2.89. The van der Waals surface area contributed by atoms with Gasteiger partial charge in [0.1, 0.15) is 6.04 Å². The molecule has 0 radical (unpaired) electrons. The van der Waals surface area contributed by atoms with E-state index < -0.39 is 0 Å². The largest absolute Gasteiger partial charge is 0.352 e. The van der Waals surface area contributed by atoms with Gasteiger partial charge in [-0.2, -0.15) is 0 Å². The zero-order valence-electron chi connectivity index (χ0n) is 11.7. The molecule has 4 nitrogen and oxygen atoms in total. The summed E-state index contributed by atoms with van der Waals surface area (Å²) < 4.78 is 0.935. The first-order valence-corrected chi connectivity index (χ1v) is 7.65. The first kappa shape index (κ1) is 15.0. The van der Waals surface area contributed by atoms with E-state index in [9.17, 15) is 9.59 Å². The molecule has 2 amide bonds. The Hall–Kier alpha value is -1.36. The van der Waals surface area contributed by atoms with E-state index >= 15 is 0 Å². The van der Waals surface area contributed by atoms with E-state index in [1.165, 1.54) is 0 Å². The van der Waals surface area contributed by atoms with Crippen LogP contribution in [0.4, 0.5) is 0 Å². The van der Waals surface area contributed by atoms with Crippen LogP contribution in [-0.2, 0) is 4.79 Å². The molecule has 1 heterocycles. The molecule has 0 aliphatic carbocycles. The number of hydrogen-bond acceptors (Lipinski definition) is 2. The molecule has 0 unspecified atom stereocenters. The molecular weight excluding hydrogens is 320 g/mol. The quantitative estimate of drug-likeness (QED) is 0.920. The lowest BCUT2D eigenvalue weighted by atomic mass is 10.1. The topological polar surface area (TPSA) is 49.4 Å². The molecule has 0 saturated carbocycles. The van der Waals surface area contributed by atoms with Crippen molar-refractivity contribution in [2.75, 3.05) is 6.54 Å². The summed E-state index contributed by atoms with van der Waals surface area (Å²) in [4.78, 5) is 26.3. The van der Waals surface area contributed by atoms with Crippen molar-refractivity contribution < 1.29 is 9.59 Å². The third kappa shape index (κ3) is 3.39. The van der Waals surface area contributed by atoms with Gasteiger partial charge in [0.25, 0.3) is 5.91 Å². The number of rotatable bonds is 3. The van der Waals surface area contributed by atoms with Crippen LogP contribution < -0.4 is 5.32 Å². The van der Waals surface area contributed by atoms with E-state index in [1.807, 2.05) is 26.0 Å². The summed E-state index contributed by atoms with van der Waals surface area (Å²) in [6.45, 7) is 4.49. The molecule has 20 heavy (non-hydrogen) atoms. The summed E-state index contributed by atoms with van der Waals surface area (Å²) in [6.07, 6.45) is 1.61. The van der Waals surface area contributed by atoms with Crippen molar-refractivity contribution in [1.82, 2.24) is 10.2 Å². The van der Waals surface area contributed by atoms with Gasteiger partial charge in [0.2, 0.25) is 5.91 Å². The molecule has 5 heteroatoms. The second-order valence-corrected chi connectivity index (χ2v) is 6.24. The third-order valence-corrected chi connectivity index (χ3v) is 3.87. The van der Waals surface area contributed by atoms with Crippen LogP contribution in [0.5, 0.6) is 0 Å². The van der Waals surface area contributed by atoms with Crippen LogP contribution in [0.25, 0.3) is 0 Å². The van der Waals surface area contributed by atoms with Crippen molar-refractivity contribution in [1.29, 1.82) is 0 Å². The molecule has 108 valence electrons. The number of hydrogen-bond donors (Lipinski definition) is 1. The van der Waals surface area contributed by atoms with Gasteiger partial charge in [0.05, 0.1) is 0 Å². The predicted molar refractivity (Wildman–Crippen MR) is 81.5 cm³/mol. The standard InChI is InChI=1S/C15H19BrN2O2/c1-10(2)17-14(19)13-4-3-9-18(13)15(20)11-5-7-12(16)8-6-11/h5-8,10,13H,3-4,9H2,1-2H3,(H,17,19)/t13-/m1/s1. The Morgan fingerprint density at radius 1 is 1.30 bits per heavy atom. The highest BCUT2D eigenvalue weighted by molar-refractivity contribution is 9.10. The van der Waals surface area contributed by atoms with Crippen molar-refractivity contribution >= 4 is 27.7 Å². The Morgan fingerprint density at radius 2 is 1.95 bits per heavy atom. The third-order valence-electron chi connectivity index (χ3n) is 3.34. The van der Waals surface area contributed by atoms with Crippen LogP contribution in [0.1, 0.15) is 37.0 Å². The van der Waals surface area contributed by atoms with Crippen LogP contribution in [0.3, 0.4) is 0 Å². The van der Waals surface area contributed by atoms with Crippen LogP contribution in [0.15, 0.2) is 28.7 Å². The Kier molecular flexibility index (Phi) is 4.81. The summed E-state index contributed by atoms with van der Waals surface area (Å²) in [7, 11) is 0. The minimum atomic E-state index is -0.339. The Bertz CT molecular complexity index is 499. The SMILES string of the molecule is CC(C)NC(=O)[C@H]1CCCN1C(=O)c1ccc(Br)cc1. The number of carbonyl (C=O) groups excluding carboxylic acids is 2. The number of benzene rings is 1. The normalized spacial score (nSPS) is 18.4. The molecule has 1 aromatic rings. The maximum atomic E-state index is 12.5. The first-order chi connectivity index (χ1) is 9.49. The maximum Gasteiger partial charge on any atom is 0.254 e. The van der Waals surface area contributed by atoms with E-state index in [2.05, 4.69) is 21.2 Å². The lowest BCUT2D eigenvalue weighted by Crippen LogP contribution is -2.47. The van der Waals surface area contributed by atoms with Gasteiger partial charge in [0, 0.05) is 22.6 Å². The highest BCUT2D eigenvalue weighted by Gasteiger charge is 2.34. The number of halogens is 1. The van der Waals surface area contributed by atoms with Crippen molar-refractivity contribution in [3.8, 4) is 0 Å². The van der Waals surface area contributed by atoms with Crippen molar-refractivity contribution in [2.24, 2.45) is 0 Å². The molecule has 1 aliphatic heterocycles. The molecule has 0 bridgehead atoms. The summed E-state index contributed by atoms with van der Waals surface area (Å²) in [5.41, 5.74) is 0.623. The van der Waals surface area contributed by atoms with Gasteiger partial charge in [-0.25, -0.2) is 0 Å². The van der Waals surface area contributed by atoms with E-state index in [0.717, 1.165) is 17.3 Å². The Labute approximate surface area is 127 Å². The second kappa shape index (κ2) is 6.39. The van der Waals surface area contributed by atoms with E-state index in [4.69, 9.17) is 0 Å². The molecule has 2 rings (SSSR count). The minimum Gasteiger partial charge on any atom is -0.352 e. The van der Waals surface area contributed by atoms with E-state index in [1.54, 1.807) is 17.0 Å². The molecule has 0 aromatic heterocycles. The van der Waals surface area contributed by atoms with Crippen molar-refractivity contribution in [3.63, 3.8) is 0 Å². The van der Waals surface area contributed by atoms with Crippen molar-refractivity contribution in [2.45, 2.75) is 38.8 Å². The van der Waals surface area contributed by atoms with Crippen LogP contribution in [-0.4, -0.2) is 35.3 Å². The predicted octanol–water partition coefficient (Wildman–Crippen LogP) is 2.58. The van der Waals surface area contributed by atoms with E-state index in [0.29, 0.717) is 12.1 Å². The number of carbonyl (C=O) groups is 2. The molecule has 1 saturated heterocycles. The summed E-state index contributed by atoms with van der Waals surface area (Å²) >= 11 is 3.35. The fraction of sp³-hybridized carbons (Fsp3) is 0.467. The van der Waals surface area contributed by atoms with Gasteiger partial charge in [-0.1, -0.05) is 15.9 Å².